The van der Waals surface area contributed by atoms with Gasteiger partial charge in [0.1, 0.15) is 48.8 Å². The minimum absolute atomic E-state index is 0.0676. The van der Waals surface area contributed by atoms with E-state index in [1.165, 1.54) is 0 Å². The number of hydrogen-bond acceptors (Lipinski definition) is 16. The summed E-state index contributed by atoms with van der Waals surface area (Å²) in [6.45, 7) is 27.2. The quantitative estimate of drug-likeness (QED) is 0.132. The van der Waals surface area contributed by atoms with Crippen molar-refractivity contribution in [1.82, 2.24) is 0 Å². The van der Waals surface area contributed by atoms with E-state index < -0.39 is 10.8 Å². The molecule has 0 amide bonds. The van der Waals surface area contributed by atoms with Gasteiger partial charge in [0.25, 0.3) is 0 Å². The van der Waals surface area contributed by atoms with Crippen LogP contribution < -0.4 is 0 Å². The fourth-order valence-electron chi connectivity index (χ4n) is 13.9. The van der Waals surface area contributed by atoms with Gasteiger partial charge in [-0.3, -0.25) is 38.4 Å². The maximum atomic E-state index is 12.1. The molecule has 12 fully saturated rings. The van der Waals surface area contributed by atoms with Crippen molar-refractivity contribution in [1.29, 1.82) is 0 Å². The van der Waals surface area contributed by atoms with Crippen LogP contribution in [-0.4, -0.2) is 96.6 Å². The third kappa shape index (κ3) is 10.5. The van der Waals surface area contributed by atoms with Gasteiger partial charge in [-0.1, -0.05) is 69.2 Å². The largest absolute Gasteiger partial charge is 0.458 e. The summed E-state index contributed by atoms with van der Waals surface area (Å²) in [5.74, 6) is 1.79. The predicted molar refractivity (Wildman–Crippen MR) is 268 cm³/mol. The number of fused-ring (bicyclic) bond motifs is 4. The second kappa shape index (κ2) is 22.8. The van der Waals surface area contributed by atoms with E-state index in [0.29, 0.717) is 47.3 Å². The Hall–Kier alpha value is -4.24. The number of ether oxygens (including phenoxy) is 8. The van der Waals surface area contributed by atoms with Gasteiger partial charge in [0.15, 0.2) is 0 Å². The summed E-state index contributed by atoms with van der Waals surface area (Å²) in [6.07, 6.45) is 8.97. The van der Waals surface area contributed by atoms with Crippen molar-refractivity contribution in [2.75, 3.05) is 0 Å². The lowest BCUT2D eigenvalue weighted by atomic mass is 9.87. The van der Waals surface area contributed by atoms with Crippen molar-refractivity contribution in [3.63, 3.8) is 0 Å². The van der Waals surface area contributed by atoms with Crippen LogP contribution in [0.4, 0.5) is 0 Å². The van der Waals surface area contributed by atoms with E-state index in [-0.39, 0.29) is 132 Å². The molecule has 416 valence electrons. The Morgan fingerprint density at radius 3 is 0.878 bits per heavy atom. The average molecular weight is 1040 g/mol. The molecule has 74 heavy (non-hydrogen) atoms. The van der Waals surface area contributed by atoms with E-state index in [1.807, 2.05) is 96.9 Å². The zero-order chi connectivity index (χ0) is 54.5. The molecule has 16 nitrogen and oxygen atoms in total. The highest BCUT2D eigenvalue weighted by Gasteiger charge is 2.66. The van der Waals surface area contributed by atoms with Crippen LogP contribution in [0.5, 0.6) is 0 Å². The monoisotopic (exact) mass is 1040 g/mol. The fraction of sp³-hybridized carbons (Fsp3) is 0.862. The summed E-state index contributed by atoms with van der Waals surface area (Å²) >= 11 is 0. The Balaban J connectivity index is 0.000000141. The number of hydrogen-bond donors (Lipinski definition) is 0. The highest BCUT2D eigenvalue weighted by Crippen LogP contribution is 2.59. The Bertz CT molecular complexity index is 1970. The van der Waals surface area contributed by atoms with Gasteiger partial charge in [-0.05, 0) is 105 Å². The molecule has 12 aliphatic rings. The first-order valence-corrected chi connectivity index (χ1v) is 28.8. The Morgan fingerprint density at radius 2 is 0.662 bits per heavy atom. The van der Waals surface area contributed by atoms with Gasteiger partial charge >= 0.3 is 47.8 Å². The van der Waals surface area contributed by atoms with E-state index in [4.69, 9.17) is 37.9 Å². The highest BCUT2D eigenvalue weighted by molar-refractivity contribution is 5.80. The van der Waals surface area contributed by atoms with Gasteiger partial charge in [-0.2, -0.15) is 0 Å². The fourth-order valence-corrected chi connectivity index (χ4v) is 13.9. The zero-order valence-corrected chi connectivity index (χ0v) is 46.7. The molecule has 0 aromatic rings. The Morgan fingerprint density at radius 1 is 0.432 bits per heavy atom. The second-order valence-electron chi connectivity index (χ2n) is 24.2. The number of carbonyl (C=O) groups excluding carboxylic acids is 8. The van der Waals surface area contributed by atoms with Gasteiger partial charge in [0.2, 0.25) is 0 Å². The topological polar surface area (TPSA) is 210 Å². The van der Waals surface area contributed by atoms with Crippen molar-refractivity contribution < 1.29 is 76.3 Å². The molecule has 16 heteroatoms. The molecule has 22 atom stereocenters. The van der Waals surface area contributed by atoms with Gasteiger partial charge in [0.05, 0.1) is 46.3 Å². The molecule has 0 aromatic heterocycles. The van der Waals surface area contributed by atoms with Crippen LogP contribution >= 0.6 is 0 Å². The van der Waals surface area contributed by atoms with Crippen molar-refractivity contribution >= 4 is 47.8 Å². The summed E-state index contributed by atoms with van der Waals surface area (Å²) in [6, 6.07) is 0. The van der Waals surface area contributed by atoms with Crippen LogP contribution in [0.1, 0.15) is 174 Å². The first-order valence-electron chi connectivity index (χ1n) is 28.8. The van der Waals surface area contributed by atoms with E-state index >= 15 is 0 Å². The van der Waals surface area contributed by atoms with Crippen LogP contribution in [0.25, 0.3) is 0 Å². The molecule has 0 aromatic carbocycles. The van der Waals surface area contributed by atoms with Crippen LogP contribution in [0.2, 0.25) is 0 Å². The standard InChI is InChI=1S/2C14H20O4.2C13H18O4.2C2H6/c2*1-4-14(2,3)13(16)18-10-7-5-8-9(6-7)12(15)17-11(8)10;2*1-3-6(2)12(14)16-10-7-4-8-9(5-7)13(15)17-11(8)10;2*1-2/h2*7-11H,4-6H2,1-3H3;2*6-11H,3-5H2,1-2H3;2*1-2H3. The summed E-state index contributed by atoms with van der Waals surface area (Å²) in [5, 5.41) is 0. The lowest BCUT2D eigenvalue weighted by Crippen LogP contribution is -2.39. The summed E-state index contributed by atoms with van der Waals surface area (Å²) in [5.41, 5.74) is -0.909. The van der Waals surface area contributed by atoms with Gasteiger partial charge in [-0.25, -0.2) is 0 Å². The van der Waals surface area contributed by atoms with Gasteiger partial charge in [-0.15, -0.1) is 0 Å². The summed E-state index contributed by atoms with van der Waals surface area (Å²) in [4.78, 5) is 94.2. The van der Waals surface area contributed by atoms with Crippen LogP contribution in [0.15, 0.2) is 0 Å². The van der Waals surface area contributed by atoms with Crippen LogP contribution in [0, 0.1) is 93.7 Å². The number of carbonyl (C=O) groups is 8. The number of esters is 8. The third-order valence-electron chi connectivity index (χ3n) is 19.5. The van der Waals surface area contributed by atoms with E-state index in [0.717, 1.165) is 77.0 Å². The number of rotatable bonds is 12. The lowest BCUT2D eigenvalue weighted by Gasteiger charge is -2.29. The smallest absolute Gasteiger partial charge is 0.311 e. The molecule has 0 spiro atoms. The van der Waals surface area contributed by atoms with Gasteiger partial charge in [0, 0.05) is 47.3 Å². The molecule has 4 heterocycles. The first kappa shape index (κ1) is 57.5. The molecule has 0 radical (unpaired) electrons. The molecule has 8 bridgehead atoms. The molecule has 0 N–H and O–H groups in total. The molecule has 22 unspecified atom stereocenters. The molecule has 8 saturated carbocycles. The molecule has 12 rings (SSSR count). The molecule has 4 saturated heterocycles. The molecule has 8 aliphatic carbocycles. The zero-order valence-electron chi connectivity index (χ0n) is 46.7. The van der Waals surface area contributed by atoms with E-state index in [9.17, 15) is 38.4 Å². The third-order valence-corrected chi connectivity index (χ3v) is 19.5. The molecular weight excluding hydrogens is 953 g/mol. The predicted octanol–water partition coefficient (Wildman–Crippen LogP) is 8.94. The first-order chi connectivity index (χ1) is 35.1. The lowest BCUT2D eigenvalue weighted by molar-refractivity contribution is -0.170. The normalized spacial score (nSPS) is 40.2. The van der Waals surface area contributed by atoms with Crippen molar-refractivity contribution in [2.45, 2.75) is 223 Å². The summed E-state index contributed by atoms with van der Waals surface area (Å²) in [7, 11) is 0. The van der Waals surface area contributed by atoms with Crippen LogP contribution in [-0.2, 0) is 76.3 Å². The van der Waals surface area contributed by atoms with E-state index in [1.54, 1.807) is 0 Å². The van der Waals surface area contributed by atoms with Crippen molar-refractivity contribution in [2.24, 2.45) is 93.7 Å². The molecular formula is C58H88O16. The van der Waals surface area contributed by atoms with Gasteiger partial charge < -0.3 is 37.9 Å². The Kier molecular flexibility index (Phi) is 17.7. The molecule has 4 aliphatic heterocycles. The average Bonchev–Trinajstić information content (AvgIpc) is 4.27. The minimum Gasteiger partial charge on any atom is -0.458 e. The SMILES string of the molecule is CC.CC.CCC(C)(C)C(=O)OC1C2CC3C(=O)OC1C3C2.CCC(C)(C)C(=O)OC1C2CC3C(=O)OC1C3C2.CCC(C)C(=O)OC1C2CC3C(=O)OC1C3C2.CCC(C)C(=O)OC1C2CC3C(=O)OC1C3C2. The summed E-state index contributed by atoms with van der Waals surface area (Å²) < 4.78 is 43.9. The van der Waals surface area contributed by atoms with E-state index in [2.05, 4.69) is 0 Å². The minimum atomic E-state index is -0.455. The highest BCUT2D eigenvalue weighted by atomic mass is 16.6. The second-order valence-corrected chi connectivity index (χ2v) is 24.2. The maximum absolute atomic E-state index is 12.1. The maximum Gasteiger partial charge on any atom is 0.311 e. The Labute approximate surface area is 439 Å². The van der Waals surface area contributed by atoms with Crippen LogP contribution in [0.3, 0.4) is 0 Å². The van der Waals surface area contributed by atoms with Crippen molar-refractivity contribution in [3.8, 4) is 0 Å². The van der Waals surface area contributed by atoms with Crippen molar-refractivity contribution in [3.05, 3.63) is 0 Å².